The zero-order chi connectivity index (χ0) is 33.5. The third-order valence-corrected chi connectivity index (χ3v) is 11.9. The summed E-state index contributed by atoms with van der Waals surface area (Å²) in [4.78, 5) is 5.26. The fourth-order valence-electron chi connectivity index (χ4n) is 8.52. The quantitative estimate of drug-likeness (QED) is 0.187. The van der Waals surface area contributed by atoms with E-state index in [-0.39, 0.29) is 0 Å². The highest BCUT2D eigenvalue weighted by molar-refractivity contribution is 7.25. The van der Waals surface area contributed by atoms with Crippen LogP contribution in [0.25, 0.3) is 64.9 Å². The molecule has 0 unspecified atom stereocenters. The van der Waals surface area contributed by atoms with E-state index in [0.29, 0.717) is 0 Å². The third-order valence-electron chi connectivity index (χ3n) is 10.7. The van der Waals surface area contributed by atoms with E-state index in [1.54, 1.807) is 0 Å². The average molecular weight is 668 g/mol. The zero-order valence-electron chi connectivity index (χ0n) is 27.5. The van der Waals surface area contributed by atoms with Crippen LogP contribution in [0.5, 0.6) is 11.5 Å². The maximum Gasteiger partial charge on any atom is 0.133 e. The Morgan fingerprint density at radius 1 is 0.392 bits per heavy atom. The molecule has 0 atom stereocenters. The second kappa shape index (κ2) is 10.9. The summed E-state index contributed by atoms with van der Waals surface area (Å²) < 4.78 is 9.26. The molecule has 11 rings (SSSR count). The minimum Gasteiger partial charge on any atom is -0.457 e. The number of hydrogen-bond acceptors (Lipinski definition) is 3. The Kier molecular flexibility index (Phi) is 6.07. The summed E-state index contributed by atoms with van der Waals surface area (Å²) in [5.74, 6) is 1.84. The normalized spacial score (nSPS) is 13.4. The van der Waals surface area contributed by atoms with Gasteiger partial charge in [0, 0.05) is 42.4 Å². The molecule has 0 bridgehead atoms. The molecule has 1 spiro atoms. The van der Waals surface area contributed by atoms with Gasteiger partial charge in [0.25, 0.3) is 0 Å². The maximum atomic E-state index is 6.80. The number of rotatable bonds is 3. The second-order valence-electron chi connectivity index (χ2n) is 13.5. The summed E-state index contributed by atoms with van der Waals surface area (Å²) in [5, 5.41) is 2.47. The summed E-state index contributed by atoms with van der Waals surface area (Å²) in [7, 11) is 0. The van der Waals surface area contributed by atoms with Gasteiger partial charge in [-0.25, -0.2) is 4.98 Å². The minimum absolute atomic E-state index is 0.492. The molecular formula is C48H29NOS. The second-order valence-corrected chi connectivity index (χ2v) is 14.5. The van der Waals surface area contributed by atoms with Gasteiger partial charge in [0.05, 0.1) is 16.8 Å². The number of ether oxygens (including phenoxy) is 1. The van der Waals surface area contributed by atoms with Gasteiger partial charge in [-0.3, -0.25) is 0 Å². The van der Waals surface area contributed by atoms with E-state index >= 15 is 0 Å². The van der Waals surface area contributed by atoms with Crippen molar-refractivity contribution in [1.82, 2.24) is 4.98 Å². The topological polar surface area (TPSA) is 22.1 Å². The molecule has 2 aromatic heterocycles. The predicted octanol–water partition coefficient (Wildman–Crippen LogP) is 12.9. The lowest BCUT2D eigenvalue weighted by atomic mass is 9.66. The molecule has 0 saturated carbocycles. The molecule has 3 heteroatoms. The molecule has 7 aromatic carbocycles. The standard InChI is InChI=1S/C48H29NOS/c1-3-13-30(14-4-1)33-26-42(31-15-5-2-6-16-31)49-43(27-33)32-23-24-46-36(25-32)37-28-41-45(29-47(37)51-46)50-44-22-12-11-21-40(44)48(41)38-19-9-7-17-34(38)35-18-8-10-20-39(35)48/h1-29H. The summed E-state index contributed by atoms with van der Waals surface area (Å²) in [6.07, 6.45) is 0. The van der Waals surface area contributed by atoms with Crippen molar-refractivity contribution in [2.75, 3.05) is 0 Å². The van der Waals surface area contributed by atoms with Crippen molar-refractivity contribution in [3.8, 4) is 56.3 Å². The van der Waals surface area contributed by atoms with Gasteiger partial charge in [-0.2, -0.15) is 0 Å². The summed E-state index contributed by atoms with van der Waals surface area (Å²) in [6, 6.07) is 63.4. The van der Waals surface area contributed by atoms with Gasteiger partial charge >= 0.3 is 0 Å². The molecule has 238 valence electrons. The highest BCUT2D eigenvalue weighted by Crippen LogP contribution is 2.62. The number of thiophene rings is 1. The van der Waals surface area contributed by atoms with Crippen molar-refractivity contribution in [1.29, 1.82) is 0 Å². The van der Waals surface area contributed by atoms with Crippen molar-refractivity contribution in [2.45, 2.75) is 5.41 Å². The largest absolute Gasteiger partial charge is 0.457 e. The van der Waals surface area contributed by atoms with Crippen LogP contribution in [0.3, 0.4) is 0 Å². The van der Waals surface area contributed by atoms with Crippen LogP contribution < -0.4 is 4.74 Å². The minimum atomic E-state index is -0.492. The fourth-order valence-corrected chi connectivity index (χ4v) is 9.61. The first-order valence-corrected chi connectivity index (χ1v) is 18.2. The van der Waals surface area contributed by atoms with Gasteiger partial charge in [-0.1, -0.05) is 133 Å². The van der Waals surface area contributed by atoms with E-state index in [1.165, 1.54) is 59.1 Å². The van der Waals surface area contributed by atoms with Gasteiger partial charge in [-0.05, 0) is 75.8 Å². The third kappa shape index (κ3) is 4.13. The molecule has 0 fully saturated rings. The molecule has 0 amide bonds. The van der Waals surface area contributed by atoms with E-state index in [1.807, 2.05) is 11.3 Å². The Labute approximate surface area is 299 Å². The number of benzene rings is 7. The first-order chi connectivity index (χ1) is 25.3. The smallest absolute Gasteiger partial charge is 0.133 e. The van der Waals surface area contributed by atoms with E-state index in [0.717, 1.165) is 39.6 Å². The van der Waals surface area contributed by atoms with Crippen molar-refractivity contribution < 1.29 is 4.74 Å². The van der Waals surface area contributed by atoms with Crippen LogP contribution in [0.15, 0.2) is 176 Å². The summed E-state index contributed by atoms with van der Waals surface area (Å²) >= 11 is 1.82. The summed E-state index contributed by atoms with van der Waals surface area (Å²) in [6.45, 7) is 0. The SMILES string of the molecule is c1ccc(-c2cc(-c3ccccc3)nc(-c3ccc4sc5cc6c(cc5c4c3)C3(c4ccccc4O6)c4ccccc4-c4ccccc43)c2)cc1. The lowest BCUT2D eigenvalue weighted by Crippen LogP contribution is -2.32. The Bertz CT molecular complexity index is 2730. The van der Waals surface area contributed by atoms with Crippen LogP contribution in [0, 0.1) is 0 Å². The van der Waals surface area contributed by atoms with Crippen molar-refractivity contribution >= 4 is 31.5 Å². The molecule has 2 aliphatic rings. The number of fused-ring (bicyclic) bond motifs is 12. The van der Waals surface area contributed by atoms with E-state index in [2.05, 4.69) is 176 Å². The molecule has 0 saturated heterocycles. The molecule has 51 heavy (non-hydrogen) atoms. The van der Waals surface area contributed by atoms with E-state index in [4.69, 9.17) is 9.72 Å². The number of aromatic nitrogens is 1. The van der Waals surface area contributed by atoms with Gasteiger partial charge < -0.3 is 4.74 Å². The van der Waals surface area contributed by atoms with Crippen molar-refractivity contribution in [3.63, 3.8) is 0 Å². The predicted molar refractivity (Wildman–Crippen MR) is 211 cm³/mol. The van der Waals surface area contributed by atoms with Crippen molar-refractivity contribution in [2.24, 2.45) is 0 Å². The van der Waals surface area contributed by atoms with Gasteiger partial charge in [0.15, 0.2) is 0 Å². The number of nitrogens with zero attached hydrogens (tertiary/aromatic N) is 1. The fraction of sp³-hybridized carbons (Fsp3) is 0.0208. The zero-order valence-corrected chi connectivity index (χ0v) is 28.3. The van der Waals surface area contributed by atoms with Crippen molar-refractivity contribution in [3.05, 3.63) is 198 Å². The van der Waals surface area contributed by atoms with Crippen LogP contribution in [-0.4, -0.2) is 4.98 Å². The molecule has 9 aromatic rings. The van der Waals surface area contributed by atoms with Crippen LogP contribution in [0.1, 0.15) is 22.3 Å². The molecule has 3 heterocycles. The van der Waals surface area contributed by atoms with Crippen LogP contribution in [0.2, 0.25) is 0 Å². The first kappa shape index (κ1) is 28.5. The lowest BCUT2D eigenvalue weighted by Gasteiger charge is -2.39. The molecule has 1 aliphatic heterocycles. The lowest BCUT2D eigenvalue weighted by molar-refractivity contribution is 0.437. The highest BCUT2D eigenvalue weighted by Gasteiger charge is 2.51. The highest BCUT2D eigenvalue weighted by atomic mass is 32.1. The van der Waals surface area contributed by atoms with Gasteiger partial charge in [-0.15, -0.1) is 11.3 Å². The Morgan fingerprint density at radius 2 is 0.980 bits per heavy atom. The maximum absolute atomic E-state index is 6.80. The monoisotopic (exact) mass is 667 g/mol. The Hall–Kier alpha value is -6.29. The van der Waals surface area contributed by atoms with Gasteiger partial charge in [0.2, 0.25) is 0 Å². The molecular weight excluding hydrogens is 639 g/mol. The molecule has 1 aliphatic carbocycles. The Morgan fingerprint density at radius 3 is 1.71 bits per heavy atom. The van der Waals surface area contributed by atoms with Crippen LogP contribution in [0.4, 0.5) is 0 Å². The molecule has 0 radical (unpaired) electrons. The number of pyridine rings is 1. The van der Waals surface area contributed by atoms with E-state index in [9.17, 15) is 0 Å². The van der Waals surface area contributed by atoms with E-state index < -0.39 is 5.41 Å². The first-order valence-electron chi connectivity index (χ1n) is 17.4. The van der Waals surface area contributed by atoms with Crippen LogP contribution in [-0.2, 0) is 5.41 Å². The molecule has 0 N–H and O–H groups in total. The van der Waals surface area contributed by atoms with Gasteiger partial charge in [0.1, 0.15) is 11.5 Å². The Balaban J connectivity index is 1.16. The average Bonchev–Trinajstić information content (AvgIpc) is 3.70. The number of hydrogen-bond donors (Lipinski definition) is 0. The number of para-hydroxylation sites is 1. The summed E-state index contributed by atoms with van der Waals surface area (Å²) in [5.41, 5.74) is 13.5. The van der Waals surface area contributed by atoms with Crippen LogP contribution >= 0.6 is 11.3 Å². The molecule has 2 nitrogen and oxygen atoms in total.